The molecule has 1 fully saturated rings. The van der Waals surface area contributed by atoms with Gasteiger partial charge in [0.15, 0.2) is 0 Å². The van der Waals surface area contributed by atoms with Crippen LogP contribution in [0.2, 0.25) is 0 Å². The molecular formula is C15H24N4O. The molecule has 1 aromatic rings. The number of hydrogen-bond acceptors (Lipinski definition) is 4. The molecule has 1 saturated heterocycles. The van der Waals surface area contributed by atoms with Crippen molar-refractivity contribution in [2.24, 2.45) is 17.7 Å². The quantitative estimate of drug-likeness (QED) is 0.497. The molecule has 5 heteroatoms. The molecule has 0 atom stereocenters. The number of carbonyl (C=O) groups is 1. The SMILES string of the molecule is CC(C)C1CCN(Cc2cccc(C(=O)NN)n2)CC1. The average Bonchev–Trinajstić information content (AvgIpc) is 2.47. The third kappa shape index (κ3) is 3.77. The second-order valence-electron chi connectivity index (χ2n) is 5.85. The summed E-state index contributed by atoms with van der Waals surface area (Å²) >= 11 is 0. The van der Waals surface area contributed by atoms with Crippen molar-refractivity contribution >= 4 is 5.91 Å². The van der Waals surface area contributed by atoms with Gasteiger partial charge >= 0.3 is 0 Å². The van der Waals surface area contributed by atoms with E-state index in [0.29, 0.717) is 5.69 Å². The van der Waals surface area contributed by atoms with Crippen LogP contribution in [0.3, 0.4) is 0 Å². The normalized spacial score (nSPS) is 17.4. The molecule has 0 unspecified atom stereocenters. The summed E-state index contributed by atoms with van der Waals surface area (Å²) in [7, 11) is 0. The molecule has 0 radical (unpaired) electrons. The van der Waals surface area contributed by atoms with Crippen LogP contribution >= 0.6 is 0 Å². The number of rotatable bonds is 4. The summed E-state index contributed by atoms with van der Waals surface area (Å²) in [5, 5.41) is 0. The fourth-order valence-electron chi connectivity index (χ4n) is 2.77. The molecule has 3 N–H and O–H groups in total. The molecule has 0 spiro atoms. The van der Waals surface area contributed by atoms with Crippen LogP contribution in [0.5, 0.6) is 0 Å². The topological polar surface area (TPSA) is 71.2 Å². The lowest BCUT2D eigenvalue weighted by atomic mass is 9.87. The van der Waals surface area contributed by atoms with Crippen LogP contribution in [-0.4, -0.2) is 28.9 Å². The fraction of sp³-hybridized carbons (Fsp3) is 0.600. The van der Waals surface area contributed by atoms with E-state index in [4.69, 9.17) is 5.84 Å². The van der Waals surface area contributed by atoms with Crippen LogP contribution in [0.15, 0.2) is 18.2 Å². The third-order valence-corrected chi connectivity index (χ3v) is 4.13. The summed E-state index contributed by atoms with van der Waals surface area (Å²) in [5.74, 6) is 6.40. The highest BCUT2D eigenvalue weighted by Gasteiger charge is 2.21. The number of nitrogens with two attached hydrogens (primary N) is 1. The fourth-order valence-corrected chi connectivity index (χ4v) is 2.77. The molecule has 0 aliphatic carbocycles. The predicted octanol–water partition coefficient (Wildman–Crippen LogP) is 1.55. The van der Waals surface area contributed by atoms with E-state index in [9.17, 15) is 4.79 Å². The van der Waals surface area contributed by atoms with Gasteiger partial charge in [-0.1, -0.05) is 19.9 Å². The standard InChI is InChI=1S/C15H24N4O/c1-11(2)12-6-8-19(9-7-12)10-13-4-3-5-14(17-13)15(20)18-16/h3-5,11-12H,6-10,16H2,1-2H3,(H,18,20). The average molecular weight is 276 g/mol. The van der Waals surface area contributed by atoms with E-state index in [1.165, 1.54) is 12.8 Å². The Morgan fingerprint density at radius 2 is 2.15 bits per heavy atom. The highest BCUT2D eigenvalue weighted by Crippen LogP contribution is 2.25. The van der Waals surface area contributed by atoms with Crippen LogP contribution in [0.1, 0.15) is 42.9 Å². The van der Waals surface area contributed by atoms with E-state index in [-0.39, 0.29) is 5.91 Å². The van der Waals surface area contributed by atoms with Gasteiger partial charge < -0.3 is 0 Å². The lowest BCUT2D eigenvalue weighted by Gasteiger charge is -2.33. The number of carbonyl (C=O) groups excluding carboxylic acids is 1. The maximum absolute atomic E-state index is 11.5. The van der Waals surface area contributed by atoms with Crippen LogP contribution in [0.25, 0.3) is 0 Å². The monoisotopic (exact) mass is 276 g/mol. The summed E-state index contributed by atoms with van der Waals surface area (Å²) in [6.45, 7) is 7.62. The molecule has 1 aliphatic heterocycles. The zero-order valence-electron chi connectivity index (χ0n) is 12.3. The Morgan fingerprint density at radius 1 is 1.45 bits per heavy atom. The van der Waals surface area contributed by atoms with E-state index in [0.717, 1.165) is 37.2 Å². The van der Waals surface area contributed by atoms with Crippen molar-refractivity contribution in [1.82, 2.24) is 15.3 Å². The van der Waals surface area contributed by atoms with Crippen LogP contribution in [0, 0.1) is 11.8 Å². The molecule has 0 saturated carbocycles. The molecule has 5 nitrogen and oxygen atoms in total. The number of hydrazine groups is 1. The second-order valence-corrected chi connectivity index (χ2v) is 5.85. The van der Waals surface area contributed by atoms with Crippen LogP contribution in [-0.2, 0) is 6.54 Å². The van der Waals surface area contributed by atoms with E-state index < -0.39 is 0 Å². The lowest BCUT2D eigenvalue weighted by molar-refractivity contribution is 0.0947. The zero-order chi connectivity index (χ0) is 14.5. The van der Waals surface area contributed by atoms with Crippen molar-refractivity contribution in [3.63, 3.8) is 0 Å². The minimum atomic E-state index is -0.342. The first-order valence-corrected chi connectivity index (χ1v) is 7.29. The van der Waals surface area contributed by atoms with Gasteiger partial charge in [-0.3, -0.25) is 15.1 Å². The Kier molecular flexibility index (Phi) is 5.09. The first kappa shape index (κ1) is 14.9. The Morgan fingerprint density at radius 3 is 2.75 bits per heavy atom. The van der Waals surface area contributed by atoms with Crippen molar-refractivity contribution in [3.05, 3.63) is 29.6 Å². The number of nitrogens with one attached hydrogen (secondary N) is 1. The molecule has 2 heterocycles. The summed E-state index contributed by atoms with van der Waals surface area (Å²) in [6, 6.07) is 5.49. The van der Waals surface area contributed by atoms with Gasteiger partial charge in [0.2, 0.25) is 0 Å². The molecule has 1 aromatic heterocycles. The van der Waals surface area contributed by atoms with E-state index >= 15 is 0 Å². The second kappa shape index (κ2) is 6.81. The summed E-state index contributed by atoms with van der Waals surface area (Å²) < 4.78 is 0. The van der Waals surface area contributed by atoms with Gasteiger partial charge in [-0.05, 0) is 49.9 Å². The van der Waals surface area contributed by atoms with E-state index in [1.807, 2.05) is 12.1 Å². The Hall–Kier alpha value is -1.46. The maximum Gasteiger partial charge on any atom is 0.283 e. The molecule has 0 aromatic carbocycles. The number of likely N-dealkylation sites (tertiary alicyclic amines) is 1. The minimum absolute atomic E-state index is 0.342. The number of nitrogens with zero attached hydrogens (tertiary/aromatic N) is 2. The first-order valence-electron chi connectivity index (χ1n) is 7.29. The smallest absolute Gasteiger partial charge is 0.283 e. The van der Waals surface area contributed by atoms with Gasteiger partial charge in [-0.15, -0.1) is 0 Å². The molecular weight excluding hydrogens is 252 g/mol. The summed E-state index contributed by atoms with van der Waals surface area (Å²) in [5.41, 5.74) is 3.42. The molecule has 0 bridgehead atoms. The highest BCUT2D eigenvalue weighted by atomic mass is 16.2. The van der Waals surface area contributed by atoms with Crippen LogP contribution < -0.4 is 11.3 Å². The van der Waals surface area contributed by atoms with Gasteiger partial charge in [0.05, 0.1) is 5.69 Å². The molecule has 2 rings (SSSR count). The Balaban J connectivity index is 1.93. The van der Waals surface area contributed by atoms with Crippen molar-refractivity contribution < 1.29 is 4.79 Å². The Bertz CT molecular complexity index is 453. The van der Waals surface area contributed by atoms with Crippen LogP contribution in [0.4, 0.5) is 0 Å². The van der Waals surface area contributed by atoms with Gasteiger partial charge in [0, 0.05) is 6.54 Å². The van der Waals surface area contributed by atoms with Gasteiger partial charge in [0.25, 0.3) is 5.91 Å². The molecule has 1 aliphatic rings. The van der Waals surface area contributed by atoms with Gasteiger partial charge in [-0.25, -0.2) is 10.8 Å². The number of piperidine rings is 1. The van der Waals surface area contributed by atoms with Crippen molar-refractivity contribution in [3.8, 4) is 0 Å². The first-order chi connectivity index (χ1) is 9.60. The summed E-state index contributed by atoms with van der Waals surface area (Å²) in [4.78, 5) is 18.2. The van der Waals surface area contributed by atoms with Crippen molar-refractivity contribution in [2.75, 3.05) is 13.1 Å². The zero-order valence-corrected chi connectivity index (χ0v) is 12.3. The van der Waals surface area contributed by atoms with Crippen molar-refractivity contribution in [1.29, 1.82) is 0 Å². The molecule has 20 heavy (non-hydrogen) atoms. The molecule has 1 amide bonds. The molecule has 110 valence electrons. The van der Waals surface area contributed by atoms with E-state index in [2.05, 4.69) is 29.2 Å². The van der Waals surface area contributed by atoms with Gasteiger partial charge in [0.1, 0.15) is 5.69 Å². The summed E-state index contributed by atoms with van der Waals surface area (Å²) in [6.07, 6.45) is 2.50. The van der Waals surface area contributed by atoms with Gasteiger partial charge in [-0.2, -0.15) is 0 Å². The maximum atomic E-state index is 11.5. The number of hydrogen-bond donors (Lipinski definition) is 2. The number of pyridine rings is 1. The number of aromatic nitrogens is 1. The third-order valence-electron chi connectivity index (χ3n) is 4.13. The Labute approximate surface area is 120 Å². The lowest BCUT2D eigenvalue weighted by Crippen LogP contribution is -2.35. The number of nitrogen functional groups attached to an aromatic ring is 1. The predicted molar refractivity (Wildman–Crippen MR) is 78.7 cm³/mol. The van der Waals surface area contributed by atoms with E-state index in [1.54, 1.807) is 6.07 Å². The van der Waals surface area contributed by atoms with Crippen molar-refractivity contribution in [2.45, 2.75) is 33.2 Å². The highest BCUT2D eigenvalue weighted by molar-refractivity contribution is 5.91. The minimum Gasteiger partial charge on any atom is -0.297 e. The largest absolute Gasteiger partial charge is 0.297 e. The number of amides is 1.